The molecule has 0 bridgehead atoms. The Kier molecular flexibility index (Phi) is 5.55. The Hall–Kier alpha value is 0.570. The molecule has 1 atom stereocenters. The molecule has 3 nitrogen and oxygen atoms in total. The fourth-order valence-electron chi connectivity index (χ4n) is 0.340. The van der Waals surface area contributed by atoms with Gasteiger partial charge in [-0.15, -0.1) is 0 Å². The molecular formula is C3H7NO2S4. The van der Waals surface area contributed by atoms with Gasteiger partial charge in [0.25, 0.3) is 0 Å². The molecule has 0 spiro atoms. The smallest absolute Gasteiger partial charge is 0.361 e. The van der Waals surface area contributed by atoms with Crippen LogP contribution in [0.1, 0.15) is 0 Å². The van der Waals surface area contributed by atoms with E-state index in [1.54, 1.807) is 0 Å². The van der Waals surface area contributed by atoms with Crippen LogP contribution in [0, 0.1) is 0 Å². The van der Waals surface area contributed by atoms with Crippen LogP contribution in [0.4, 0.5) is 0 Å². The van der Waals surface area contributed by atoms with Crippen molar-refractivity contribution in [3.05, 3.63) is 0 Å². The number of carbonyl (C=O) groups is 1. The van der Waals surface area contributed by atoms with Gasteiger partial charge in [-0.25, -0.2) is 4.79 Å². The highest BCUT2D eigenvalue weighted by Gasteiger charge is 2.14. The number of quaternary nitrogens is 1. The van der Waals surface area contributed by atoms with Gasteiger partial charge in [0.2, 0.25) is 0 Å². The highest BCUT2D eigenvalue weighted by molar-refractivity contribution is 8.46. The van der Waals surface area contributed by atoms with Crippen molar-refractivity contribution < 1.29 is 14.6 Å². The quantitative estimate of drug-likeness (QED) is 0.367. The molecule has 0 aliphatic rings. The molecule has 0 fully saturated rings. The maximum absolute atomic E-state index is 10.3. The Morgan fingerprint density at radius 1 is 1.80 bits per heavy atom. The van der Waals surface area contributed by atoms with Gasteiger partial charge in [0.1, 0.15) is 0 Å². The van der Waals surface area contributed by atoms with Crippen LogP contribution in [-0.4, -0.2) is 22.9 Å². The Morgan fingerprint density at radius 2 is 2.30 bits per heavy atom. The fourth-order valence-corrected chi connectivity index (χ4v) is 2.24. The van der Waals surface area contributed by atoms with E-state index in [4.69, 9.17) is 27.5 Å². The Labute approximate surface area is 75.6 Å². The summed E-state index contributed by atoms with van der Waals surface area (Å²) in [6, 6.07) is -0.629. The van der Waals surface area contributed by atoms with E-state index >= 15 is 0 Å². The lowest BCUT2D eigenvalue weighted by Gasteiger charge is -2.10. The maximum Gasteiger partial charge on any atom is 0.361 e. The van der Waals surface area contributed by atoms with Gasteiger partial charge in [-0.1, -0.05) is 8.01 Å². The molecule has 60 valence electrons. The number of nitrogens with two attached hydrogens (primary N) is 1. The van der Waals surface area contributed by atoms with Gasteiger partial charge in [-0.05, 0) is 22.4 Å². The Balaban J connectivity index is 3.96. The first-order chi connectivity index (χ1) is 4.57. The van der Waals surface area contributed by atoms with Gasteiger partial charge in [-0.2, -0.15) is 0 Å². The molecule has 1 unspecified atom stereocenters. The summed E-state index contributed by atoms with van der Waals surface area (Å²) in [6.07, 6.45) is 0. The first kappa shape index (κ1) is 10.6. The minimum absolute atomic E-state index is 0.332. The maximum atomic E-state index is 10.3. The van der Waals surface area contributed by atoms with Gasteiger partial charge in [-0.3, -0.25) is 0 Å². The van der Waals surface area contributed by atoms with E-state index in [0.717, 1.165) is 0 Å². The molecule has 0 saturated heterocycles. The van der Waals surface area contributed by atoms with Crippen LogP contribution in [0.15, 0.2) is 0 Å². The lowest BCUT2D eigenvalue weighted by Crippen LogP contribution is -2.87. The molecule has 0 heterocycles. The summed E-state index contributed by atoms with van der Waals surface area (Å²) in [7, 11) is -0.990. The molecule has 0 amide bonds. The van der Waals surface area contributed by atoms with E-state index in [0.29, 0.717) is 5.75 Å². The van der Waals surface area contributed by atoms with E-state index < -0.39 is 20.0 Å². The minimum Gasteiger partial charge on any atom is -0.497 e. The number of carboxylic acids is 1. The summed E-state index contributed by atoms with van der Waals surface area (Å²) in [4.78, 5) is 10.3. The van der Waals surface area contributed by atoms with E-state index in [1.807, 2.05) is 0 Å². The van der Waals surface area contributed by atoms with Crippen molar-refractivity contribution in [2.45, 2.75) is 6.04 Å². The average molecular weight is 217 g/mol. The summed E-state index contributed by atoms with van der Waals surface area (Å²) in [6.45, 7) is 0. The van der Waals surface area contributed by atoms with Crippen molar-refractivity contribution in [2.24, 2.45) is 0 Å². The zero-order valence-electron chi connectivity index (χ0n) is 4.89. The molecule has 7 heteroatoms. The number of aliphatic carboxylic acids is 1. The minimum atomic E-state index is -0.990. The summed E-state index contributed by atoms with van der Waals surface area (Å²) in [5.41, 5.74) is 0. The predicted molar refractivity (Wildman–Crippen MR) is 49.1 cm³/mol. The van der Waals surface area contributed by atoms with Crippen LogP contribution >= 0.6 is 0 Å². The zero-order chi connectivity index (χ0) is 8.15. The van der Waals surface area contributed by atoms with Crippen LogP contribution in [0.25, 0.3) is 0 Å². The van der Waals surface area contributed by atoms with Crippen LogP contribution in [-0.2, 0) is 48.0 Å². The molecule has 0 aliphatic carbocycles. The molecule has 0 aliphatic heterocycles. The fraction of sp³-hybridized carbons (Fsp3) is 0.667. The topological polar surface area (TPSA) is 53.9 Å². The van der Waals surface area contributed by atoms with Crippen LogP contribution in [0.5, 0.6) is 0 Å². The standard InChI is InChI=1S/C3H7NO2S4/c5-3(6)2(4-7)1-10(8)9/h2,10H,1,4H2,(H,5,6). The molecule has 0 aromatic heterocycles. The van der Waals surface area contributed by atoms with E-state index in [2.05, 4.69) is 12.8 Å². The zero-order valence-corrected chi connectivity index (χ0v) is 8.23. The third kappa shape index (κ3) is 4.40. The third-order valence-corrected chi connectivity index (χ3v) is 2.74. The van der Waals surface area contributed by atoms with Crippen molar-refractivity contribution in [1.82, 2.24) is 0 Å². The molecule has 10 heavy (non-hydrogen) atoms. The van der Waals surface area contributed by atoms with E-state index in [1.165, 1.54) is 4.72 Å². The van der Waals surface area contributed by atoms with Crippen molar-refractivity contribution in [1.29, 1.82) is 0 Å². The van der Waals surface area contributed by atoms with Gasteiger partial charge in [0, 0.05) is 0 Å². The van der Waals surface area contributed by atoms with Crippen LogP contribution < -0.4 is 4.72 Å². The van der Waals surface area contributed by atoms with Crippen molar-refractivity contribution >= 4 is 49.2 Å². The number of rotatable bonds is 4. The Morgan fingerprint density at radius 3 is 2.40 bits per heavy atom. The van der Waals surface area contributed by atoms with Crippen molar-refractivity contribution in [3.63, 3.8) is 0 Å². The summed E-state index contributed by atoms with van der Waals surface area (Å²) >= 11 is 13.9. The number of hydrogen-bond acceptors (Lipinski definition) is 4. The highest BCUT2D eigenvalue weighted by Crippen LogP contribution is 1.77. The monoisotopic (exact) mass is 217 g/mol. The SMILES string of the molecule is O=C(O)C(C[SH](=S)=S)[NH2+][S-]. The average Bonchev–Trinajstić information content (AvgIpc) is 1.81. The molecular weight excluding hydrogens is 210 g/mol. The van der Waals surface area contributed by atoms with Gasteiger partial charge in [0.05, 0.1) is 5.75 Å². The van der Waals surface area contributed by atoms with Gasteiger partial charge in [0.15, 0.2) is 6.04 Å². The van der Waals surface area contributed by atoms with Crippen molar-refractivity contribution in [2.75, 3.05) is 5.75 Å². The first-order valence-corrected chi connectivity index (χ1v) is 6.40. The lowest BCUT2D eigenvalue weighted by atomic mass is 10.4. The molecule has 0 aromatic carbocycles. The van der Waals surface area contributed by atoms with Crippen LogP contribution in [0.3, 0.4) is 0 Å². The Bertz CT molecular complexity index is 181. The second-order valence-corrected chi connectivity index (χ2v) is 6.24. The summed E-state index contributed by atoms with van der Waals surface area (Å²) < 4.78 is 1.20. The number of carboxylic acid groups (broad SMARTS) is 1. The van der Waals surface area contributed by atoms with Gasteiger partial charge < -0.3 is 22.6 Å². The molecule has 0 saturated carbocycles. The summed E-state index contributed by atoms with van der Waals surface area (Å²) in [5.74, 6) is -0.601. The van der Waals surface area contributed by atoms with Gasteiger partial charge >= 0.3 is 5.97 Å². The molecule has 0 radical (unpaired) electrons. The first-order valence-electron chi connectivity index (χ1n) is 2.38. The van der Waals surface area contributed by atoms with Crippen molar-refractivity contribution in [3.8, 4) is 0 Å². The predicted octanol–water partition coefficient (Wildman–Crippen LogP) is -2.26. The van der Waals surface area contributed by atoms with E-state index in [-0.39, 0.29) is 0 Å². The molecule has 0 aromatic rings. The number of thiol groups is 1. The second kappa shape index (κ2) is 5.25. The van der Waals surface area contributed by atoms with E-state index in [9.17, 15) is 4.79 Å². The van der Waals surface area contributed by atoms with Crippen LogP contribution in [0.2, 0.25) is 0 Å². The lowest BCUT2D eigenvalue weighted by molar-refractivity contribution is -0.504. The number of hydrogen-bond donors (Lipinski definition) is 3. The molecule has 3 N–H and O–H groups in total. The second-order valence-electron chi connectivity index (χ2n) is 1.60. The molecule has 0 rings (SSSR count). The third-order valence-electron chi connectivity index (χ3n) is 0.827. The normalized spacial score (nSPS) is 13.4. The highest BCUT2D eigenvalue weighted by atomic mass is 33.1. The summed E-state index contributed by atoms with van der Waals surface area (Å²) in [5, 5.41) is 8.44. The largest absolute Gasteiger partial charge is 0.497 e.